The number of fused-ring (bicyclic) bond motifs is 1. The van der Waals surface area contributed by atoms with Gasteiger partial charge in [-0.2, -0.15) is 0 Å². The number of methoxy groups -OCH3 is 2. The zero-order valence-corrected chi connectivity index (χ0v) is 27.4. The van der Waals surface area contributed by atoms with Crippen molar-refractivity contribution in [1.82, 2.24) is 9.88 Å². The van der Waals surface area contributed by atoms with Crippen molar-refractivity contribution >= 4 is 27.5 Å². The summed E-state index contributed by atoms with van der Waals surface area (Å²) in [5.41, 5.74) is 4.53. The molecule has 0 saturated heterocycles. The van der Waals surface area contributed by atoms with Crippen LogP contribution in [0, 0.1) is 0 Å². The molecule has 8 heteroatoms. The molecule has 6 aromatic rings. The van der Waals surface area contributed by atoms with E-state index in [4.69, 9.17) is 14.2 Å². The topological polar surface area (TPSA) is 78.8 Å². The highest BCUT2D eigenvalue weighted by molar-refractivity contribution is 7.22. The quantitative estimate of drug-likeness (QED) is 0.137. The summed E-state index contributed by atoms with van der Waals surface area (Å²) in [6.45, 7) is 2.65. The zero-order valence-electron chi connectivity index (χ0n) is 26.6. The average Bonchev–Trinajstić information content (AvgIpc) is 3.51. The second kappa shape index (κ2) is 14.5. The van der Waals surface area contributed by atoms with E-state index in [1.165, 1.54) is 11.3 Å². The molecule has 4 aromatic carbocycles. The van der Waals surface area contributed by atoms with Gasteiger partial charge in [-0.1, -0.05) is 78.9 Å². The molecule has 238 valence electrons. The van der Waals surface area contributed by atoms with Gasteiger partial charge in [0.2, 0.25) is 5.43 Å². The van der Waals surface area contributed by atoms with Crippen molar-refractivity contribution in [3.05, 3.63) is 153 Å². The Morgan fingerprint density at radius 2 is 1.47 bits per heavy atom. The van der Waals surface area contributed by atoms with Gasteiger partial charge in [0.25, 0.3) is 0 Å². The molecule has 7 nitrogen and oxygen atoms in total. The lowest BCUT2D eigenvalue weighted by Crippen LogP contribution is -2.24. The number of hydrogen-bond acceptors (Lipinski definition) is 7. The minimum Gasteiger partial charge on any atom is -0.497 e. The number of esters is 1. The zero-order chi connectivity index (χ0) is 32.8. The number of carbonyl (C=O) groups excluding carboxylic acids is 1. The molecule has 0 fully saturated rings. The van der Waals surface area contributed by atoms with Crippen molar-refractivity contribution in [3.8, 4) is 21.9 Å². The molecular formula is C39H36N2O5S. The standard InChI is InChI=1S/C39H36N2O5S/c1-4-46-39(43)32-25-41(24-29-17-11-12-18-33(29)45-3)38-34(36(32)42)31(37(47-38)28-19-21-30(44-2)22-20-28)23-40-35(26-13-7-5-8-14-26)27-15-9-6-10-16-27/h5-22,25,35,40H,4,23-24H2,1-3H3. The van der Waals surface area contributed by atoms with Crippen LogP contribution in [0.4, 0.5) is 0 Å². The van der Waals surface area contributed by atoms with Gasteiger partial charge in [0.05, 0.1) is 38.8 Å². The van der Waals surface area contributed by atoms with Gasteiger partial charge in [-0.25, -0.2) is 4.79 Å². The summed E-state index contributed by atoms with van der Waals surface area (Å²) < 4.78 is 18.4. The first-order chi connectivity index (χ1) is 23.0. The Kier molecular flexibility index (Phi) is 9.80. The van der Waals surface area contributed by atoms with Crippen LogP contribution in [0.1, 0.15) is 45.6 Å². The number of ether oxygens (including phenoxy) is 3. The lowest BCUT2D eigenvalue weighted by molar-refractivity contribution is 0.0524. The van der Waals surface area contributed by atoms with Gasteiger partial charge in [-0.3, -0.25) is 4.79 Å². The molecule has 47 heavy (non-hydrogen) atoms. The first-order valence-electron chi connectivity index (χ1n) is 15.5. The lowest BCUT2D eigenvalue weighted by atomic mass is 9.98. The molecular weight excluding hydrogens is 609 g/mol. The number of benzene rings is 4. The lowest BCUT2D eigenvalue weighted by Gasteiger charge is -2.20. The molecule has 0 unspecified atom stereocenters. The number of aromatic nitrogens is 1. The maximum Gasteiger partial charge on any atom is 0.343 e. The molecule has 0 spiro atoms. The Bertz CT molecular complexity index is 2000. The van der Waals surface area contributed by atoms with Crippen LogP contribution in [0.3, 0.4) is 0 Å². The Hall–Kier alpha value is -5.18. The average molecular weight is 645 g/mol. The van der Waals surface area contributed by atoms with E-state index >= 15 is 0 Å². The predicted molar refractivity (Wildman–Crippen MR) is 188 cm³/mol. The molecule has 0 saturated carbocycles. The minimum atomic E-state index is -0.643. The second-order valence-electron chi connectivity index (χ2n) is 11.0. The van der Waals surface area contributed by atoms with Gasteiger partial charge in [-0.05, 0) is 59.5 Å². The molecule has 0 amide bonds. The number of nitrogens with zero attached hydrogens (tertiary/aromatic N) is 1. The van der Waals surface area contributed by atoms with Crippen molar-refractivity contribution in [2.24, 2.45) is 0 Å². The summed E-state index contributed by atoms with van der Waals surface area (Å²) in [5, 5.41) is 4.26. The van der Waals surface area contributed by atoms with Gasteiger partial charge in [0.1, 0.15) is 21.9 Å². The number of thiophene rings is 1. The van der Waals surface area contributed by atoms with E-state index in [0.717, 1.165) is 49.0 Å². The number of rotatable bonds is 12. The molecule has 0 atom stereocenters. The smallest absolute Gasteiger partial charge is 0.343 e. The molecule has 2 heterocycles. The van der Waals surface area contributed by atoms with Gasteiger partial charge >= 0.3 is 5.97 Å². The van der Waals surface area contributed by atoms with E-state index in [1.54, 1.807) is 27.3 Å². The van der Waals surface area contributed by atoms with Crippen molar-refractivity contribution in [1.29, 1.82) is 0 Å². The molecule has 6 rings (SSSR count). The van der Waals surface area contributed by atoms with Crippen molar-refractivity contribution in [3.63, 3.8) is 0 Å². The number of para-hydroxylation sites is 1. The molecule has 0 aliphatic rings. The predicted octanol–water partition coefficient (Wildman–Crippen LogP) is 7.85. The molecule has 2 aromatic heterocycles. The van der Waals surface area contributed by atoms with Crippen LogP contribution < -0.4 is 20.2 Å². The van der Waals surface area contributed by atoms with Crippen LogP contribution in [0.25, 0.3) is 20.7 Å². The van der Waals surface area contributed by atoms with Gasteiger partial charge in [0, 0.05) is 23.2 Å². The molecule has 0 aliphatic heterocycles. The summed E-state index contributed by atoms with van der Waals surface area (Å²) in [6.07, 6.45) is 1.62. The summed E-state index contributed by atoms with van der Waals surface area (Å²) in [5.74, 6) is 0.818. The molecule has 0 bridgehead atoms. The third-order valence-corrected chi connectivity index (χ3v) is 9.45. The van der Waals surface area contributed by atoms with Crippen molar-refractivity contribution < 1.29 is 19.0 Å². The Morgan fingerprint density at radius 3 is 2.09 bits per heavy atom. The highest BCUT2D eigenvalue weighted by atomic mass is 32.1. The van der Waals surface area contributed by atoms with Crippen LogP contribution in [-0.2, 0) is 17.8 Å². The Morgan fingerprint density at radius 1 is 0.830 bits per heavy atom. The third-order valence-electron chi connectivity index (χ3n) is 8.14. The van der Waals surface area contributed by atoms with Crippen LogP contribution in [-0.4, -0.2) is 31.4 Å². The fourth-order valence-electron chi connectivity index (χ4n) is 5.85. The highest BCUT2D eigenvalue weighted by Gasteiger charge is 2.25. The van der Waals surface area contributed by atoms with E-state index in [-0.39, 0.29) is 23.6 Å². The van der Waals surface area contributed by atoms with Crippen LogP contribution in [0.2, 0.25) is 0 Å². The summed E-state index contributed by atoms with van der Waals surface area (Å²) in [4.78, 5) is 29.3. The number of hydrogen-bond donors (Lipinski definition) is 1. The van der Waals surface area contributed by atoms with Crippen LogP contribution >= 0.6 is 11.3 Å². The fraction of sp³-hybridized carbons (Fsp3) is 0.179. The second-order valence-corrected chi connectivity index (χ2v) is 12.0. The summed E-state index contributed by atoms with van der Waals surface area (Å²) in [6, 6.07) is 35.9. The Labute approximate surface area is 278 Å². The van der Waals surface area contributed by atoms with E-state index < -0.39 is 5.97 Å². The van der Waals surface area contributed by atoms with E-state index in [2.05, 4.69) is 29.6 Å². The summed E-state index contributed by atoms with van der Waals surface area (Å²) in [7, 11) is 3.27. The maximum absolute atomic E-state index is 14.3. The van der Waals surface area contributed by atoms with Crippen LogP contribution in [0.5, 0.6) is 11.5 Å². The minimum absolute atomic E-state index is 0.00255. The van der Waals surface area contributed by atoms with E-state index in [9.17, 15) is 9.59 Å². The van der Waals surface area contributed by atoms with Gasteiger partial charge in [-0.15, -0.1) is 11.3 Å². The molecule has 0 aliphatic carbocycles. The monoisotopic (exact) mass is 644 g/mol. The van der Waals surface area contributed by atoms with Crippen molar-refractivity contribution in [2.45, 2.75) is 26.1 Å². The van der Waals surface area contributed by atoms with Crippen molar-refractivity contribution in [2.75, 3.05) is 20.8 Å². The maximum atomic E-state index is 14.3. The van der Waals surface area contributed by atoms with E-state index in [0.29, 0.717) is 18.5 Å². The first kappa shape index (κ1) is 31.8. The van der Waals surface area contributed by atoms with Gasteiger partial charge < -0.3 is 24.1 Å². The highest BCUT2D eigenvalue weighted by Crippen LogP contribution is 2.39. The normalized spacial score (nSPS) is 11.1. The summed E-state index contributed by atoms with van der Waals surface area (Å²) >= 11 is 1.53. The number of pyridine rings is 1. The van der Waals surface area contributed by atoms with E-state index in [1.807, 2.05) is 89.5 Å². The fourth-order valence-corrected chi connectivity index (χ4v) is 7.15. The SMILES string of the molecule is CCOC(=O)c1cn(Cc2ccccc2OC)c2sc(-c3ccc(OC)cc3)c(CNC(c3ccccc3)c3ccccc3)c2c1=O. The largest absolute Gasteiger partial charge is 0.497 e. The molecule has 1 N–H and O–H groups in total. The van der Waals surface area contributed by atoms with Crippen LogP contribution in [0.15, 0.2) is 120 Å². The number of carbonyl (C=O) groups is 1. The first-order valence-corrected chi connectivity index (χ1v) is 16.3. The third kappa shape index (κ3) is 6.70. The Balaban J connectivity index is 1.56. The van der Waals surface area contributed by atoms with Gasteiger partial charge in [0.15, 0.2) is 0 Å². The number of nitrogens with one attached hydrogen (secondary N) is 1. The molecule has 0 radical (unpaired) electrons.